The zero-order valence-electron chi connectivity index (χ0n) is 8.48. The van der Waals surface area contributed by atoms with Crippen LogP contribution in [0.2, 0.25) is 0 Å². The van der Waals surface area contributed by atoms with Crippen LogP contribution in [0.5, 0.6) is 0 Å². The van der Waals surface area contributed by atoms with Crippen molar-refractivity contribution in [1.82, 2.24) is 4.90 Å². The Morgan fingerprint density at radius 2 is 2.43 bits per heavy atom. The Hall–Kier alpha value is -0.810. The van der Waals surface area contributed by atoms with Crippen molar-refractivity contribution in [2.75, 3.05) is 20.3 Å². The van der Waals surface area contributed by atoms with Crippen LogP contribution in [0.15, 0.2) is 0 Å². The van der Waals surface area contributed by atoms with Crippen molar-refractivity contribution in [1.29, 1.82) is 0 Å². The maximum atomic E-state index is 11.4. The van der Waals surface area contributed by atoms with E-state index in [4.69, 9.17) is 10.8 Å². The molecular formula is C9H18N2O3. The van der Waals surface area contributed by atoms with Gasteiger partial charge in [0.1, 0.15) is 0 Å². The molecule has 1 fully saturated rings. The number of methoxy groups -OCH3 is 1. The summed E-state index contributed by atoms with van der Waals surface area (Å²) in [7, 11) is 1.36. The molecule has 3 N–H and O–H groups in total. The highest BCUT2D eigenvalue weighted by Gasteiger charge is 2.31. The van der Waals surface area contributed by atoms with Gasteiger partial charge in [-0.25, -0.2) is 4.79 Å². The molecule has 1 aliphatic heterocycles. The lowest BCUT2D eigenvalue weighted by atomic mass is 9.97. The van der Waals surface area contributed by atoms with Crippen LogP contribution >= 0.6 is 0 Å². The zero-order chi connectivity index (χ0) is 10.6. The molecule has 82 valence electrons. The standard InChI is InChI=1S/C9H18N2O3/c1-14-9(13)11-5-3-2-4-8(11)7(10)6-12/h7-8,12H,2-6,10H2,1H3. The molecule has 5 heteroatoms. The lowest BCUT2D eigenvalue weighted by Crippen LogP contribution is -2.54. The fourth-order valence-electron chi connectivity index (χ4n) is 1.87. The molecular weight excluding hydrogens is 184 g/mol. The van der Waals surface area contributed by atoms with Gasteiger partial charge in [-0.1, -0.05) is 0 Å². The average molecular weight is 202 g/mol. The van der Waals surface area contributed by atoms with Gasteiger partial charge in [0.2, 0.25) is 0 Å². The van der Waals surface area contributed by atoms with Gasteiger partial charge in [0.05, 0.1) is 19.8 Å². The average Bonchev–Trinajstić information content (AvgIpc) is 2.27. The van der Waals surface area contributed by atoms with Gasteiger partial charge in [-0.05, 0) is 19.3 Å². The van der Waals surface area contributed by atoms with Gasteiger partial charge >= 0.3 is 6.09 Å². The number of likely N-dealkylation sites (tertiary alicyclic amines) is 1. The van der Waals surface area contributed by atoms with E-state index in [9.17, 15) is 4.79 Å². The quantitative estimate of drug-likeness (QED) is 0.657. The third kappa shape index (κ3) is 2.36. The third-order valence-corrected chi connectivity index (χ3v) is 2.66. The Morgan fingerprint density at radius 3 is 3.00 bits per heavy atom. The van der Waals surface area contributed by atoms with Crippen molar-refractivity contribution < 1.29 is 14.6 Å². The number of aliphatic hydroxyl groups is 1. The summed E-state index contributed by atoms with van der Waals surface area (Å²) in [5, 5.41) is 8.96. The highest BCUT2D eigenvalue weighted by Crippen LogP contribution is 2.19. The Labute approximate surface area is 83.8 Å². The van der Waals surface area contributed by atoms with E-state index < -0.39 is 0 Å². The molecule has 0 aromatic heterocycles. The number of carbonyl (C=O) groups is 1. The molecule has 1 heterocycles. The highest BCUT2D eigenvalue weighted by molar-refractivity contribution is 5.68. The number of nitrogens with two attached hydrogens (primary N) is 1. The van der Waals surface area contributed by atoms with E-state index in [0.29, 0.717) is 6.54 Å². The first kappa shape index (κ1) is 11.3. The van der Waals surface area contributed by atoms with Crippen molar-refractivity contribution in [3.63, 3.8) is 0 Å². The van der Waals surface area contributed by atoms with E-state index in [0.717, 1.165) is 19.3 Å². The Morgan fingerprint density at radius 1 is 1.71 bits per heavy atom. The second kappa shape index (κ2) is 5.17. The predicted octanol–water partition coefficient (Wildman–Crippen LogP) is -0.0731. The number of hydrogen-bond acceptors (Lipinski definition) is 4. The first-order chi connectivity index (χ1) is 6.70. The molecule has 0 saturated carbocycles. The summed E-state index contributed by atoms with van der Waals surface area (Å²) in [6.45, 7) is 0.573. The third-order valence-electron chi connectivity index (χ3n) is 2.66. The van der Waals surface area contributed by atoms with E-state index in [1.807, 2.05) is 0 Å². The number of rotatable bonds is 2. The highest BCUT2D eigenvalue weighted by atomic mass is 16.5. The molecule has 1 saturated heterocycles. The van der Waals surface area contributed by atoms with Crippen molar-refractivity contribution in [2.45, 2.75) is 31.3 Å². The molecule has 1 amide bonds. The fraction of sp³-hybridized carbons (Fsp3) is 0.889. The van der Waals surface area contributed by atoms with Gasteiger partial charge in [-0.3, -0.25) is 0 Å². The van der Waals surface area contributed by atoms with Crippen LogP contribution in [0.1, 0.15) is 19.3 Å². The summed E-state index contributed by atoms with van der Waals surface area (Å²) >= 11 is 0. The lowest BCUT2D eigenvalue weighted by molar-refractivity contribution is 0.0718. The van der Waals surface area contributed by atoms with E-state index in [-0.39, 0.29) is 24.8 Å². The molecule has 0 aliphatic carbocycles. The maximum absolute atomic E-state index is 11.4. The molecule has 0 aromatic rings. The van der Waals surface area contributed by atoms with Gasteiger partial charge in [0, 0.05) is 12.6 Å². The monoisotopic (exact) mass is 202 g/mol. The molecule has 0 radical (unpaired) electrons. The molecule has 1 aliphatic rings. The Kier molecular flexibility index (Phi) is 4.16. The Balaban J connectivity index is 2.63. The number of ether oxygens (including phenoxy) is 1. The van der Waals surface area contributed by atoms with Crippen molar-refractivity contribution >= 4 is 6.09 Å². The zero-order valence-corrected chi connectivity index (χ0v) is 8.48. The lowest BCUT2D eigenvalue weighted by Gasteiger charge is -2.37. The van der Waals surface area contributed by atoms with Crippen molar-refractivity contribution in [3.8, 4) is 0 Å². The summed E-state index contributed by atoms with van der Waals surface area (Å²) in [5.41, 5.74) is 5.73. The molecule has 0 bridgehead atoms. The summed E-state index contributed by atoms with van der Waals surface area (Å²) < 4.78 is 4.66. The number of hydrogen-bond donors (Lipinski definition) is 2. The van der Waals surface area contributed by atoms with Crippen LogP contribution in [0.4, 0.5) is 4.79 Å². The molecule has 0 aromatic carbocycles. The number of piperidine rings is 1. The van der Waals surface area contributed by atoms with E-state index in [1.54, 1.807) is 4.90 Å². The van der Waals surface area contributed by atoms with Crippen LogP contribution in [0, 0.1) is 0 Å². The van der Waals surface area contributed by atoms with Crippen molar-refractivity contribution in [3.05, 3.63) is 0 Å². The minimum absolute atomic E-state index is 0.0822. The van der Waals surface area contributed by atoms with Gasteiger partial charge < -0.3 is 20.5 Å². The molecule has 2 unspecified atom stereocenters. The number of carbonyl (C=O) groups excluding carboxylic acids is 1. The first-order valence-electron chi connectivity index (χ1n) is 4.91. The van der Waals surface area contributed by atoms with Crippen LogP contribution in [0.3, 0.4) is 0 Å². The summed E-state index contributed by atoms with van der Waals surface area (Å²) in [6.07, 6.45) is 2.52. The van der Waals surface area contributed by atoms with Gasteiger partial charge in [0.25, 0.3) is 0 Å². The largest absolute Gasteiger partial charge is 0.453 e. The molecule has 2 atom stereocenters. The normalized spacial score (nSPS) is 24.5. The molecule has 1 rings (SSSR count). The van der Waals surface area contributed by atoms with E-state index in [1.165, 1.54) is 7.11 Å². The second-order valence-corrected chi connectivity index (χ2v) is 3.57. The number of nitrogens with zero attached hydrogens (tertiary/aromatic N) is 1. The summed E-state index contributed by atoms with van der Waals surface area (Å²) in [6, 6.07) is -0.449. The minimum atomic E-state index is -0.366. The SMILES string of the molecule is COC(=O)N1CCCCC1C(N)CO. The van der Waals surface area contributed by atoms with Crippen molar-refractivity contribution in [2.24, 2.45) is 5.73 Å². The second-order valence-electron chi connectivity index (χ2n) is 3.57. The number of aliphatic hydroxyl groups excluding tert-OH is 1. The topological polar surface area (TPSA) is 75.8 Å². The van der Waals surface area contributed by atoms with Crippen LogP contribution in [-0.2, 0) is 4.74 Å². The van der Waals surface area contributed by atoms with Crippen LogP contribution in [-0.4, -0.2) is 48.4 Å². The maximum Gasteiger partial charge on any atom is 0.409 e. The van der Waals surface area contributed by atoms with E-state index >= 15 is 0 Å². The van der Waals surface area contributed by atoms with Crippen LogP contribution < -0.4 is 5.73 Å². The van der Waals surface area contributed by atoms with Gasteiger partial charge in [-0.2, -0.15) is 0 Å². The Bertz CT molecular complexity index is 198. The summed E-state index contributed by atoms with van der Waals surface area (Å²) in [4.78, 5) is 13.0. The summed E-state index contributed by atoms with van der Waals surface area (Å²) in [5.74, 6) is 0. The van der Waals surface area contributed by atoms with Gasteiger partial charge in [-0.15, -0.1) is 0 Å². The van der Waals surface area contributed by atoms with Gasteiger partial charge in [0.15, 0.2) is 0 Å². The smallest absolute Gasteiger partial charge is 0.409 e. The fourth-order valence-corrected chi connectivity index (χ4v) is 1.87. The molecule has 5 nitrogen and oxygen atoms in total. The predicted molar refractivity (Wildman–Crippen MR) is 51.8 cm³/mol. The number of amides is 1. The molecule has 14 heavy (non-hydrogen) atoms. The van der Waals surface area contributed by atoms with Crippen LogP contribution in [0.25, 0.3) is 0 Å². The minimum Gasteiger partial charge on any atom is -0.453 e. The first-order valence-corrected chi connectivity index (χ1v) is 4.91. The van der Waals surface area contributed by atoms with E-state index in [2.05, 4.69) is 4.74 Å². The molecule has 0 spiro atoms.